The van der Waals surface area contributed by atoms with Gasteiger partial charge in [0, 0.05) is 33.4 Å². The lowest BCUT2D eigenvalue weighted by Gasteiger charge is -2.33. The van der Waals surface area contributed by atoms with Crippen LogP contribution in [-0.4, -0.2) is 0 Å². The molecule has 0 spiro atoms. The molecule has 1 heterocycles. The smallest absolute Gasteiger partial charge is 0.413 e. The molecule has 13 rings (SSSR count). The van der Waals surface area contributed by atoms with Gasteiger partial charge in [0.05, 0.1) is 0 Å². The molecule has 0 bridgehead atoms. The fourth-order valence-electron chi connectivity index (χ4n) is 10.4. The van der Waals surface area contributed by atoms with Gasteiger partial charge in [-0.3, -0.25) is 0 Å². The zero-order valence-corrected chi connectivity index (χ0v) is 54.0. The Morgan fingerprint density at radius 1 is 0.167 bits per heavy atom. The summed E-state index contributed by atoms with van der Waals surface area (Å²) in [6, 6.07) is 91.5. The zero-order chi connectivity index (χ0) is 65.9. The molecule has 0 unspecified atom stereocenters. The van der Waals surface area contributed by atoms with Crippen LogP contribution >= 0.6 is 23.0 Å². The predicted octanol–water partition coefficient (Wildman–Crippen LogP) is 22.2. The molecular weight excluding hydrogens is 1240 g/mol. The number of hydrogen-bond acceptors (Lipinski definition) is 9. The molecule has 0 saturated heterocycles. The molecule has 1 aliphatic heterocycles. The van der Waals surface area contributed by atoms with Crippen molar-refractivity contribution >= 4 is 23.0 Å². The summed E-state index contributed by atoms with van der Waals surface area (Å²) < 4.78 is 61.1. The second-order valence-corrected chi connectivity index (χ2v) is 27.9. The first kappa shape index (κ1) is 62.3. The Labute approximate surface area is 560 Å². The molecule has 0 atom stereocenters. The second-order valence-electron chi connectivity index (χ2n) is 21.8. The molecule has 0 aliphatic carbocycles. The van der Waals surface area contributed by atoms with E-state index in [1.54, 1.807) is 0 Å². The van der Waals surface area contributed by atoms with Crippen LogP contribution in [0, 0.1) is 74.1 Å². The van der Waals surface area contributed by atoms with E-state index < -0.39 is 23.0 Å². The van der Waals surface area contributed by atoms with Crippen LogP contribution in [0.4, 0.5) is 0 Å². The maximum atomic E-state index is 7.39. The van der Waals surface area contributed by atoms with Gasteiger partial charge >= 0.3 is 23.0 Å². The van der Waals surface area contributed by atoms with Crippen molar-refractivity contribution in [2.45, 2.75) is 0 Å². The summed E-state index contributed by atoms with van der Waals surface area (Å²) in [7, 11) is -13.3. The second kappa shape index (κ2) is 27.8. The zero-order valence-electron chi connectivity index (χ0n) is 51.3. The summed E-state index contributed by atoms with van der Waals surface area (Å²) >= 11 is 0. The highest BCUT2D eigenvalue weighted by molar-refractivity contribution is 7.79. The Balaban J connectivity index is 1.05. The normalized spacial score (nSPS) is 12.8. The lowest BCUT2D eigenvalue weighted by Crippen LogP contribution is -2.11. The molecule has 9 nitrogen and oxygen atoms in total. The van der Waals surface area contributed by atoms with E-state index in [1.807, 2.05) is 291 Å². The lowest BCUT2D eigenvalue weighted by molar-refractivity contribution is 0.443. The van der Waals surface area contributed by atoms with Crippen molar-refractivity contribution in [2.75, 3.05) is 0 Å². The molecule has 0 saturated carbocycles. The van der Waals surface area contributed by atoms with Crippen LogP contribution < -0.4 is 27.1 Å². The number of hydrogen-bond donors (Lipinski definition) is 0. The van der Waals surface area contributed by atoms with Crippen LogP contribution in [0.15, 0.2) is 305 Å². The van der Waals surface area contributed by atoms with Crippen molar-refractivity contribution in [2.24, 2.45) is 13.5 Å². The third-order valence-corrected chi connectivity index (χ3v) is 23.6. The average molecular weight is 1290 g/mol. The number of nitrogens with zero attached hydrogens (tertiary/aromatic N) is 3. The van der Waals surface area contributed by atoms with Crippen molar-refractivity contribution in [3.8, 4) is 175 Å². The van der Waals surface area contributed by atoms with Crippen LogP contribution in [-0.2, 0) is 0 Å². The summed E-state index contributed by atoms with van der Waals surface area (Å²) in [4.78, 5) is 0. The van der Waals surface area contributed by atoms with E-state index in [0.29, 0.717) is 34.5 Å². The minimum absolute atomic E-state index is 0.323. The maximum absolute atomic E-state index is 7.39. The summed E-state index contributed by atoms with van der Waals surface area (Å²) in [6.45, 7) is 0. The molecule has 0 aromatic heterocycles. The molecule has 0 N–H and O–H groups in total. The van der Waals surface area contributed by atoms with E-state index in [0.717, 1.165) is 100 Å². The standard InChI is InChI=1S/C84H54N3O6P3/c1-7-61-13-25-67(26-14-61)73-37-49-79(50-38-73)88-94(89-80-51-39-74(40-52-80)68-27-15-62(8-2)16-28-68)85-95(90-81-53-41-75(42-54-81)69-29-17-63(9-3)18-30-69,91-82-55-43-76(44-56-82)70-31-19-64(10-4)20-32-70)87-96(86-94,92-83-57-45-77(46-58-83)71-33-21-65(11-5)22-34-71)93-84-59-47-78(48-60-84)72-35-23-66(12-6)24-36-72/h1-6,13-60H. The third-order valence-electron chi connectivity index (χ3n) is 15.5. The van der Waals surface area contributed by atoms with Crippen molar-refractivity contribution in [3.63, 3.8) is 0 Å². The topological polar surface area (TPSA) is 92.5 Å². The van der Waals surface area contributed by atoms with E-state index >= 15 is 0 Å². The minimum atomic E-state index is -4.44. The molecule has 12 aromatic carbocycles. The Morgan fingerprint density at radius 2 is 0.271 bits per heavy atom. The van der Waals surface area contributed by atoms with Crippen LogP contribution in [0.1, 0.15) is 33.4 Å². The first-order chi connectivity index (χ1) is 47.0. The van der Waals surface area contributed by atoms with Crippen molar-refractivity contribution in [1.29, 1.82) is 0 Å². The van der Waals surface area contributed by atoms with E-state index in [-0.39, 0.29) is 0 Å². The predicted molar refractivity (Wildman–Crippen MR) is 391 cm³/mol. The van der Waals surface area contributed by atoms with Crippen molar-refractivity contribution in [1.82, 2.24) is 0 Å². The average Bonchev–Trinajstić information content (AvgIpc) is 0.731. The van der Waals surface area contributed by atoms with Crippen LogP contribution in [0.3, 0.4) is 0 Å². The van der Waals surface area contributed by atoms with Crippen molar-refractivity contribution < 1.29 is 27.1 Å². The molecule has 0 amide bonds. The first-order valence-electron chi connectivity index (χ1n) is 30.1. The Hall–Kier alpha value is -12.5. The molecule has 96 heavy (non-hydrogen) atoms. The highest BCUT2D eigenvalue weighted by Gasteiger charge is 2.49. The van der Waals surface area contributed by atoms with Gasteiger partial charge in [0.15, 0.2) is 0 Å². The molecule has 12 heteroatoms. The Kier molecular flexibility index (Phi) is 18.0. The quantitative estimate of drug-likeness (QED) is 0.0628. The molecule has 0 fully saturated rings. The fraction of sp³-hybridized carbons (Fsp3) is 0. The molecule has 456 valence electrons. The number of terminal acetylenes is 6. The molecule has 1 aliphatic rings. The Bertz CT molecular complexity index is 4410. The van der Waals surface area contributed by atoms with E-state index in [1.165, 1.54) is 0 Å². The summed E-state index contributed by atoms with van der Waals surface area (Å²) in [5.74, 6) is 18.1. The Morgan fingerprint density at radius 3 is 0.375 bits per heavy atom. The van der Waals surface area contributed by atoms with Gasteiger partial charge in [-0.15, -0.1) is 38.5 Å². The highest BCUT2D eigenvalue weighted by atomic mass is 31.3. The lowest BCUT2D eigenvalue weighted by atomic mass is 10.0. The van der Waals surface area contributed by atoms with E-state index in [4.69, 9.17) is 79.2 Å². The summed E-state index contributed by atoms with van der Waals surface area (Å²) in [5, 5.41) is 0. The van der Waals surface area contributed by atoms with Gasteiger partial charge in [0.25, 0.3) is 0 Å². The van der Waals surface area contributed by atoms with Crippen LogP contribution in [0.2, 0.25) is 0 Å². The monoisotopic (exact) mass is 1290 g/mol. The van der Waals surface area contributed by atoms with E-state index in [9.17, 15) is 0 Å². The van der Waals surface area contributed by atoms with Crippen molar-refractivity contribution in [3.05, 3.63) is 325 Å². The molecular formula is C84H54N3O6P3. The SMILES string of the molecule is C#Cc1ccc(-c2ccc(OP3(Oc4ccc(-c5ccc(C#C)cc5)cc4)=NP(Oc4ccc(-c5ccc(C#C)cc5)cc4)(Oc4ccc(-c5ccc(C#C)cc5)cc4)=NP(Oc4ccc(-c5ccc(C#C)cc5)cc4)(Oc4ccc(-c5ccc(C#C)cc5)cc4)=N3)cc2)cc1. The van der Waals surface area contributed by atoms with E-state index in [2.05, 4.69) is 35.5 Å². The summed E-state index contributed by atoms with van der Waals surface area (Å²) in [6.07, 6.45) is 34.5. The minimum Gasteiger partial charge on any atom is -0.413 e. The fourth-order valence-corrected chi connectivity index (χ4v) is 19.4. The summed E-state index contributed by atoms with van der Waals surface area (Å²) in [5.41, 5.74) is 15.4. The van der Waals surface area contributed by atoms with Gasteiger partial charge in [-0.05, 0) is 212 Å². The number of rotatable bonds is 18. The van der Waals surface area contributed by atoms with Crippen LogP contribution in [0.25, 0.3) is 66.8 Å². The maximum Gasteiger partial charge on any atom is 0.460 e. The first-order valence-corrected chi connectivity index (χ1v) is 34.7. The number of benzene rings is 12. The van der Waals surface area contributed by atoms with Gasteiger partial charge in [-0.2, -0.15) is 0 Å². The van der Waals surface area contributed by atoms with Gasteiger partial charge in [0.2, 0.25) is 0 Å². The van der Waals surface area contributed by atoms with Crippen LogP contribution in [0.5, 0.6) is 34.5 Å². The molecule has 0 radical (unpaired) electrons. The highest BCUT2D eigenvalue weighted by Crippen LogP contribution is 2.79. The molecule has 12 aromatic rings. The third kappa shape index (κ3) is 14.4. The largest absolute Gasteiger partial charge is 0.460 e. The van der Waals surface area contributed by atoms with Gasteiger partial charge in [-0.1, -0.05) is 195 Å². The van der Waals surface area contributed by atoms with Gasteiger partial charge < -0.3 is 27.1 Å². The van der Waals surface area contributed by atoms with Gasteiger partial charge in [0.1, 0.15) is 34.5 Å². The van der Waals surface area contributed by atoms with Gasteiger partial charge in [-0.25, -0.2) is 0 Å².